The number of ether oxygens (including phenoxy) is 2. The number of hydrogen-bond donors (Lipinski definition) is 0. The maximum Gasteiger partial charge on any atom is 0.218 e. The van der Waals surface area contributed by atoms with Gasteiger partial charge in [0.15, 0.2) is 11.5 Å². The first kappa shape index (κ1) is 17.3. The van der Waals surface area contributed by atoms with Gasteiger partial charge in [-0.2, -0.15) is 4.31 Å². The molecule has 0 radical (unpaired) electrons. The molecule has 0 saturated carbocycles. The Bertz CT molecular complexity index is 709. The van der Waals surface area contributed by atoms with Crippen LogP contribution in [0, 0.1) is 0 Å². The third-order valence-corrected chi connectivity index (χ3v) is 6.18. The second kappa shape index (κ2) is 7.13. The van der Waals surface area contributed by atoms with Crippen LogP contribution < -0.4 is 9.47 Å². The van der Waals surface area contributed by atoms with Crippen LogP contribution in [0.4, 0.5) is 0 Å². The van der Waals surface area contributed by atoms with Crippen molar-refractivity contribution < 1.29 is 17.9 Å². The zero-order chi connectivity index (χ0) is 17.2. The number of fused-ring (bicyclic) bond motifs is 1. The van der Waals surface area contributed by atoms with Crippen molar-refractivity contribution in [2.75, 3.05) is 45.1 Å². The maximum absolute atomic E-state index is 12.2. The Morgan fingerprint density at radius 3 is 2.46 bits per heavy atom. The number of benzene rings is 1. The molecule has 1 aromatic rings. The summed E-state index contributed by atoms with van der Waals surface area (Å²) in [6.45, 7) is 9.91. The normalized spacial score (nSPS) is 19.2. The molecule has 0 bridgehead atoms. The minimum absolute atomic E-state index is 0.0369. The molecule has 0 atom stereocenters. The number of piperazine rings is 1. The quantitative estimate of drug-likeness (QED) is 0.752. The Morgan fingerprint density at radius 2 is 1.79 bits per heavy atom. The van der Waals surface area contributed by atoms with Gasteiger partial charge in [-0.3, -0.25) is 4.90 Å². The molecule has 3 rings (SSSR count). The lowest BCUT2D eigenvalue weighted by Gasteiger charge is -2.34. The van der Waals surface area contributed by atoms with Gasteiger partial charge in [-0.25, -0.2) is 8.42 Å². The van der Waals surface area contributed by atoms with Crippen LogP contribution in [0.3, 0.4) is 0 Å². The van der Waals surface area contributed by atoms with E-state index in [-0.39, 0.29) is 5.75 Å². The van der Waals surface area contributed by atoms with Gasteiger partial charge in [-0.15, -0.1) is 0 Å². The van der Waals surface area contributed by atoms with Crippen LogP contribution in [0.25, 0.3) is 0 Å². The van der Waals surface area contributed by atoms with Crippen molar-refractivity contribution in [3.8, 4) is 11.5 Å². The Labute approximate surface area is 143 Å². The number of sulfonamides is 1. The lowest BCUT2D eigenvalue weighted by molar-refractivity contribution is 0.169. The Balaban J connectivity index is 1.57. The third-order valence-electron chi connectivity index (χ3n) is 4.17. The first-order valence-corrected chi connectivity index (χ1v) is 9.78. The third kappa shape index (κ3) is 4.09. The summed E-state index contributed by atoms with van der Waals surface area (Å²) in [5.74, 6) is 1.62. The minimum Gasteiger partial charge on any atom is -0.486 e. The largest absolute Gasteiger partial charge is 0.486 e. The SMILES string of the molecule is C=C(C)CS(=O)(=O)N1CCN(Cc2ccc3c(c2)OCCO3)CC1. The zero-order valence-corrected chi connectivity index (χ0v) is 14.8. The van der Waals surface area contributed by atoms with Crippen LogP contribution in [0.1, 0.15) is 12.5 Å². The molecular weight excluding hydrogens is 328 g/mol. The van der Waals surface area contributed by atoms with E-state index < -0.39 is 10.0 Å². The second-order valence-corrected chi connectivity index (χ2v) is 8.34. The number of hydrogen-bond acceptors (Lipinski definition) is 5. The summed E-state index contributed by atoms with van der Waals surface area (Å²) in [7, 11) is -3.22. The van der Waals surface area contributed by atoms with E-state index in [4.69, 9.17) is 9.47 Å². The number of nitrogens with zero attached hydrogens (tertiary/aromatic N) is 2. The zero-order valence-electron chi connectivity index (χ0n) is 14.0. The van der Waals surface area contributed by atoms with Crippen LogP contribution in [0.2, 0.25) is 0 Å². The van der Waals surface area contributed by atoms with Crippen molar-refractivity contribution in [1.82, 2.24) is 9.21 Å². The summed E-state index contributed by atoms with van der Waals surface area (Å²) in [6.07, 6.45) is 0. The topological polar surface area (TPSA) is 59.1 Å². The average Bonchev–Trinajstić information content (AvgIpc) is 2.54. The average molecular weight is 352 g/mol. The predicted octanol–water partition coefficient (Wildman–Crippen LogP) is 1.48. The molecular formula is C17H24N2O4S. The van der Waals surface area contributed by atoms with E-state index in [0.29, 0.717) is 31.9 Å². The smallest absolute Gasteiger partial charge is 0.218 e. The van der Waals surface area contributed by atoms with E-state index >= 15 is 0 Å². The molecule has 0 spiro atoms. The van der Waals surface area contributed by atoms with Crippen LogP contribution in [-0.4, -0.2) is 62.8 Å². The summed E-state index contributed by atoms with van der Waals surface area (Å²) in [4.78, 5) is 2.26. The van der Waals surface area contributed by atoms with Crippen LogP contribution in [-0.2, 0) is 16.6 Å². The van der Waals surface area contributed by atoms with E-state index in [1.807, 2.05) is 18.2 Å². The van der Waals surface area contributed by atoms with Gasteiger partial charge in [-0.1, -0.05) is 18.2 Å². The van der Waals surface area contributed by atoms with Crippen LogP contribution in [0.5, 0.6) is 11.5 Å². The molecule has 0 N–H and O–H groups in total. The summed E-state index contributed by atoms with van der Waals surface area (Å²) < 4.78 is 37.2. The first-order chi connectivity index (χ1) is 11.4. The fourth-order valence-electron chi connectivity index (χ4n) is 3.01. The second-order valence-electron chi connectivity index (χ2n) is 6.37. The molecule has 2 heterocycles. The molecule has 24 heavy (non-hydrogen) atoms. The first-order valence-electron chi connectivity index (χ1n) is 8.17. The van der Waals surface area contributed by atoms with Gasteiger partial charge in [-0.05, 0) is 24.6 Å². The highest BCUT2D eigenvalue weighted by Crippen LogP contribution is 2.31. The molecule has 1 aromatic carbocycles. The van der Waals surface area contributed by atoms with Crippen molar-refractivity contribution in [2.24, 2.45) is 0 Å². The van der Waals surface area contributed by atoms with Gasteiger partial charge in [0.05, 0.1) is 5.75 Å². The van der Waals surface area contributed by atoms with Gasteiger partial charge in [0.2, 0.25) is 10.0 Å². The van der Waals surface area contributed by atoms with E-state index in [9.17, 15) is 8.42 Å². The molecule has 0 aliphatic carbocycles. The Kier molecular flexibility index (Phi) is 5.12. The fraction of sp³-hybridized carbons (Fsp3) is 0.529. The van der Waals surface area contributed by atoms with Crippen molar-refractivity contribution in [1.29, 1.82) is 0 Å². The molecule has 1 saturated heterocycles. The van der Waals surface area contributed by atoms with Gasteiger partial charge in [0.25, 0.3) is 0 Å². The van der Waals surface area contributed by atoms with Gasteiger partial charge < -0.3 is 9.47 Å². The summed E-state index contributed by atoms with van der Waals surface area (Å²) in [6, 6.07) is 5.99. The Hall–Kier alpha value is -1.57. The Morgan fingerprint density at radius 1 is 1.12 bits per heavy atom. The molecule has 7 heteroatoms. The maximum atomic E-state index is 12.2. The molecule has 2 aliphatic heterocycles. The van der Waals surface area contributed by atoms with Gasteiger partial charge in [0.1, 0.15) is 13.2 Å². The highest BCUT2D eigenvalue weighted by Gasteiger charge is 2.26. The number of rotatable bonds is 5. The van der Waals surface area contributed by atoms with E-state index in [2.05, 4.69) is 11.5 Å². The predicted molar refractivity (Wildman–Crippen MR) is 92.9 cm³/mol. The van der Waals surface area contributed by atoms with Gasteiger partial charge >= 0.3 is 0 Å². The molecule has 6 nitrogen and oxygen atoms in total. The van der Waals surface area contributed by atoms with Crippen molar-refractivity contribution >= 4 is 10.0 Å². The minimum atomic E-state index is -3.22. The molecule has 1 fully saturated rings. The molecule has 0 unspecified atom stereocenters. The lowest BCUT2D eigenvalue weighted by Crippen LogP contribution is -2.48. The molecule has 0 aromatic heterocycles. The summed E-state index contributed by atoms with van der Waals surface area (Å²) in [5, 5.41) is 0. The standard InChI is InChI=1S/C17H24N2O4S/c1-14(2)13-24(20,21)19-7-5-18(6-8-19)12-15-3-4-16-17(11-15)23-10-9-22-16/h3-4,11H,1,5-10,12-13H2,2H3. The molecule has 0 amide bonds. The van der Waals surface area contributed by atoms with E-state index in [1.54, 1.807) is 11.2 Å². The van der Waals surface area contributed by atoms with Crippen molar-refractivity contribution in [3.63, 3.8) is 0 Å². The highest BCUT2D eigenvalue weighted by atomic mass is 32.2. The van der Waals surface area contributed by atoms with Gasteiger partial charge in [0, 0.05) is 32.7 Å². The van der Waals surface area contributed by atoms with Crippen molar-refractivity contribution in [2.45, 2.75) is 13.5 Å². The lowest BCUT2D eigenvalue weighted by atomic mass is 10.1. The molecule has 2 aliphatic rings. The molecule has 132 valence electrons. The van der Waals surface area contributed by atoms with Crippen LogP contribution in [0.15, 0.2) is 30.4 Å². The summed E-state index contributed by atoms with van der Waals surface area (Å²) >= 11 is 0. The highest BCUT2D eigenvalue weighted by molar-refractivity contribution is 7.89. The van der Waals surface area contributed by atoms with Crippen molar-refractivity contribution in [3.05, 3.63) is 35.9 Å². The van der Waals surface area contributed by atoms with Crippen LogP contribution >= 0.6 is 0 Å². The monoisotopic (exact) mass is 352 g/mol. The fourth-order valence-corrected chi connectivity index (χ4v) is 4.54. The van der Waals surface area contributed by atoms with E-state index in [0.717, 1.165) is 36.7 Å². The summed E-state index contributed by atoms with van der Waals surface area (Å²) in [5.41, 5.74) is 1.83. The van der Waals surface area contributed by atoms with E-state index in [1.165, 1.54) is 0 Å².